The molecule has 0 aromatic carbocycles. The van der Waals surface area contributed by atoms with Crippen molar-refractivity contribution < 1.29 is 4.74 Å². The van der Waals surface area contributed by atoms with Gasteiger partial charge in [0.25, 0.3) is 3.79 Å². The van der Waals surface area contributed by atoms with Gasteiger partial charge in [0, 0.05) is 0 Å². The number of ether oxygens (including phenoxy) is 1. The van der Waals surface area contributed by atoms with Crippen molar-refractivity contribution in [2.24, 2.45) is 0 Å². The fourth-order valence-electron chi connectivity index (χ4n) is 0.612. The maximum Gasteiger partial charge on any atom is 0.265 e. The van der Waals surface area contributed by atoms with Crippen LogP contribution in [0.5, 0.6) is 0 Å². The lowest BCUT2D eigenvalue weighted by molar-refractivity contribution is 0.284. The fourth-order valence-corrected chi connectivity index (χ4v) is 1.43. The Morgan fingerprint density at radius 3 is 2.69 bits per heavy atom. The lowest BCUT2D eigenvalue weighted by atomic mass is 10.4. The summed E-state index contributed by atoms with van der Waals surface area (Å²) in [4.78, 5) is 0. The number of halogens is 3. The zero-order valence-corrected chi connectivity index (χ0v) is 9.47. The largest absolute Gasteiger partial charge is 0.473 e. The Morgan fingerprint density at radius 1 is 1.54 bits per heavy atom. The summed E-state index contributed by atoms with van der Waals surface area (Å²) in [7, 11) is 0. The summed E-state index contributed by atoms with van der Waals surface area (Å²) < 4.78 is 3.18. The zero-order valence-electron chi connectivity index (χ0n) is 6.39. The van der Waals surface area contributed by atoms with Gasteiger partial charge in [-0.3, -0.25) is 5.41 Å². The molecular formula is C7H6Cl3NOS. The highest BCUT2D eigenvalue weighted by molar-refractivity contribution is 7.07. The fraction of sp³-hybridized carbons (Fsp3) is 0.286. The molecule has 0 fully saturated rings. The molecule has 2 nitrogen and oxygen atoms in total. The SMILES string of the molecule is N=C(OCc1ccsc1)C(Cl)(Cl)Cl. The highest BCUT2D eigenvalue weighted by Gasteiger charge is 2.28. The monoisotopic (exact) mass is 257 g/mol. The van der Waals surface area contributed by atoms with E-state index in [1.807, 2.05) is 16.8 Å². The highest BCUT2D eigenvalue weighted by atomic mass is 35.6. The molecule has 1 heterocycles. The maximum atomic E-state index is 7.23. The topological polar surface area (TPSA) is 33.1 Å². The van der Waals surface area contributed by atoms with Crippen molar-refractivity contribution in [3.8, 4) is 0 Å². The van der Waals surface area contributed by atoms with Crippen LogP contribution >= 0.6 is 46.1 Å². The molecule has 0 atom stereocenters. The van der Waals surface area contributed by atoms with Gasteiger partial charge in [0.1, 0.15) is 6.61 Å². The molecule has 0 aliphatic carbocycles. The molecule has 0 saturated heterocycles. The molecule has 72 valence electrons. The van der Waals surface area contributed by atoms with Gasteiger partial charge in [0.05, 0.1) is 0 Å². The van der Waals surface area contributed by atoms with Crippen LogP contribution in [-0.4, -0.2) is 9.69 Å². The minimum Gasteiger partial charge on any atom is -0.473 e. The molecule has 0 amide bonds. The summed E-state index contributed by atoms with van der Waals surface area (Å²) in [6.45, 7) is 0.260. The summed E-state index contributed by atoms with van der Waals surface area (Å²) in [6, 6.07) is 1.89. The molecule has 1 rings (SSSR count). The zero-order chi connectivity index (χ0) is 9.90. The van der Waals surface area contributed by atoms with E-state index in [1.54, 1.807) is 11.3 Å². The van der Waals surface area contributed by atoms with Gasteiger partial charge < -0.3 is 4.74 Å². The second-order valence-corrected chi connectivity index (χ2v) is 5.31. The van der Waals surface area contributed by atoms with Gasteiger partial charge in [-0.15, -0.1) is 0 Å². The van der Waals surface area contributed by atoms with E-state index < -0.39 is 3.79 Å². The Hall–Kier alpha value is 0.0400. The predicted molar refractivity (Wildman–Crippen MR) is 57.1 cm³/mol. The van der Waals surface area contributed by atoms with Crippen LogP contribution in [0.25, 0.3) is 0 Å². The molecule has 1 N–H and O–H groups in total. The van der Waals surface area contributed by atoms with Gasteiger partial charge in [0.15, 0.2) is 0 Å². The van der Waals surface area contributed by atoms with E-state index >= 15 is 0 Å². The summed E-state index contributed by atoms with van der Waals surface area (Å²) in [5.41, 5.74) is 0.962. The number of rotatable bonds is 2. The summed E-state index contributed by atoms with van der Waals surface area (Å²) in [5.74, 6) is -0.358. The van der Waals surface area contributed by atoms with Crippen molar-refractivity contribution in [2.45, 2.75) is 10.4 Å². The Kier molecular flexibility index (Phi) is 3.86. The van der Waals surface area contributed by atoms with Crippen LogP contribution in [0, 0.1) is 5.41 Å². The van der Waals surface area contributed by atoms with Crippen LogP contribution in [0.1, 0.15) is 5.56 Å². The summed E-state index contributed by atoms with van der Waals surface area (Å²) in [6.07, 6.45) is 0. The number of hydrogen-bond donors (Lipinski definition) is 1. The lowest BCUT2D eigenvalue weighted by Gasteiger charge is -2.12. The number of nitrogens with one attached hydrogen (secondary N) is 1. The predicted octanol–water partition coefficient (Wildman–Crippen LogP) is 3.61. The van der Waals surface area contributed by atoms with Gasteiger partial charge in [-0.25, -0.2) is 0 Å². The molecule has 6 heteroatoms. The molecule has 1 aromatic heterocycles. The Balaban J connectivity index is 2.40. The molecule has 0 unspecified atom stereocenters. The van der Waals surface area contributed by atoms with Crippen LogP contribution in [-0.2, 0) is 11.3 Å². The minimum atomic E-state index is -1.77. The number of thiophene rings is 1. The van der Waals surface area contributed by atoms with E-state index in [0.29, 0.717) is 0 Å². The normalized spacial score (nSPS) is 11.3. The third-order valence-electron chi connectivity index (χ3n) is 1.22. The van der Waals surface area contributed by atoms with Crippen molar-refractivity contribution in [1.82, 2.24) is 0 Å². The Bertz CT molecular complexity index is 280. The van der Waals surface area contributed by atoms with E-state index in [0.717, 1.165) is 5.56 Å². The molecular weight excluding hydrogens is 253 g/mol. The van der Waals surface area contributed by atoms with Crippen LogP contribution in [0.2, 0.25) is 0 Å². The van der Waals surface area contributed by atoms with Gasteiger partial charge in [-0.1, -0.05) is 34.8 Å². The van der Waals surface area contributed by atoms with E-state index in [1.165, 1.54) is 0 Å². The molecule has 1 aromatic rings. The molecule has 0 radical (unpaired) electrons. The van der Waals surface area contributed by atoms with E-state index in [9.17, 15) is 0 Å². The second-order valence-electron chi connectivity index (χ2n) is 2.25. The van der Waals surface area contributed by atoms with Crippen molar-refractivity contribution in [3.05, 3.63) is 22.4 Å². The van der Waals surface area contributed by atoms with Gasteiger partial charge in [-0.05, 0) is 22.4 Å². The second kappa shape index (κ2) is 4.51. The first kappa shape index (κ1) is 11.1. The first-order chi connectivity index (χ1) is 6.00. The van der Waals surface area contributed by atoms with Crippen LogP contribution in [0.3, 0.4) is 0 Å². The lowest BCUT2D eigenvalue weighted by Crippen LogP contribution is -2.20. The highest BCUT2D eigenvalue weighted by Crippen LogP contribution is 2.28. The van der Waals surface area contributed by atoms with Crippen LogP contribution in [0.4, 0.5) is 0 Å². The van der Waals surface area contributed by atoms with Gasteiger partial charge in [0.2, 0.25) is 5.90 Å². The average molecular weight is 259 g/mol. The van der Waals surface area contributed by atoms with Gasteiger partial charge >= 0.3 is 0 Å². The third-order valence-corrected chi connectivity index (χ3v) is 2.47. The van der Waals surface area contributed by atoms with Crippen molar-refractivity contribution >= 4 is 52.0 Å². The van der Waals surface area contributed by atoms with E-state index in [4.69, 9.17) is 44.9 Å². The first-order valence-electron chi connectivity index (χ1n) is 3.30. The molecule has 0 aliphatic rings. The summed E-state index contributed by atoms with van der Waals surface area (Å²) in [5, 5.41) is 11.1. The van der Waals surface area contributed by atoms with E-state index in [-0.39, 0.29) is 12.5 Å². The van der Waals surface area contributed by atoms with Crippen molar-refractivity contribution in [3.63, 3.8) is 0 Å². The molecule has 0 bridgehead atoms. The molecule has 0 aliphatic heterocycles. The number of hydrogen-bond acceptors (Lipinski definition) is 3. The maximum absolute atomic E-state index is 7.23. The summed E-state index contributed by atoms with van der Waals surface area (Å²) >= 11 is 17.8. The van der Waals surface area contributed by atoms with Gasteiger partial charge in [-0.2, -0.15) is 11.3 Å². The minimum absolute atomic E-state index is 0.260. The van der Waals surface area contributed by atoms with Crippen LogP contribution < -0.4 is 0 Å². The third kappa shape index (κ3) is 3.73. The molecule has 0 spiro atoms. The standard InChI is InChI=1S/C7H6Cl3NOS/c8-7(9,10)6(11)12-3-5-1-2-13-4-5/h1-2,4,11H,3H2. The molecule has 13 heavy (non-hydrogen) atoms. The van der Waals surface area contributed by atoms with Crippen molar-refractivity contribution in [2.75, 3.05) is 0 Å². The van der Waals surface area contributed by atoms with Crippen molar-refractivity contribution in [1.29, 1.82) is 5.41 Å². The Labute approximate surface area is 94.9 Å². The Morgan fingerprint density at radius 2 is 2.23 bits per heavy atom. The number of alkyl halides is 3. The smallest absolute Gasteiger partial charge is 0.265 e. The quantitative estimate of drug-likeness (QED) is 0.491. The van der Waals surface area contributed by atoms with Crippen LogP contribution in [0.15, 0.2) is 16.8 Å². The average Bonchev–Trinajstić information content (AvgIpc) is 2.50. The van der Waals surface area contributed by atoms with E-state index in [2.05, 4.69) is 0 Å². The molecule has 0 saturated carbocycles. The first-order valence-corrected chi connectivity index (χ1v) is 5.37.